The maximum Gasteiger partial charge on any atom is 0.243 e. The number of sulfonamides is 1. The van der Waals surface area contributed by atoms with E-state index in [9.17, 15) is 8.42 Å². The number of allylic oxidation sites excluding steroid dienone is 3. The van der Waals surface area contributed by atoms with Crippen LogP contribution in [-0.2, 0) is 16.4 Å². The summed E-state index contributed by atoms with van der Waals surface area (Å²) in [4.78, 5) is 0.411. The molecule has 0 bridgehead atoms. The Morgan fingerprint density at radius 3 is 2.24 bits per heavy atom. The molecule has 0 aliphatic carbocycles. The minimum absolute atomic E-state index is 0.411. The van der Waals surface area contributed by atoms with E-state index in [2.05, 4.69) is 56.9 Å². The third-order valence-electron chi connectivity index (χ3n) is 7.35. The summed E-state index contributed by atoms with van der Waals surface area (Å²) in [6.07, 6.45) is 14.1. The second-order valence-electron chi connectivity index (χ2n) is 9.86. The van der Waals surface area contributed by atoms with Crippen LogP contribution in [0.1, 0.15) is 60.8 Å². The normalized spacial score (nSPS) is 16.7. The van der Waals surface area contributed by atoms with Gasteiger partial charge in [0.1, 0.15) is 0 Å². The summed E-state index contributed by atoms with van der Waals surface area (Å²) in [5, 5.41) is 0. The van der Waals surface area contributed by atoms with E-state index < -0.39 is 10.0 Å². The summed E-state index contributed by atoms with van der Waals surface area (Å²) in [5.74, 6) is 1.13. The Bertz CT molecular complexity index is 1040. The lowest BCUT2D eigenvalue weighted by Gasteiger charge is -2.31. The molecule has 4 heteroatoms. The monoisotopic (exact) mass is 479 g/mol. The van der Waals surface area contributed by atoms with Gasteiger partial charge in [-0.05, 0) is 106 Å². The predicted octanol–water partition coefficient (Wildman–Crippen LogP) is 7.17. The first kappa shape index (κ1) is 26.4. The topological polar surface area (TPSA) is 37.4 Å². The zero-order valence-electron chi connectivity index (χ0n) is 21.2. The van der Waals surface area contributed by atoms with Crippen molar-refractivity contribution in [2.75, 3.05) is 13.1 Å². The quantitative estimate of drug-likeness (QED) is 0.320. The minimum atomic E-state index is -3.37. The molecule has 2 aromatic carbocycles. The lowest BCUT2D eigenvalue weighted by Crippen LogP contribution is -2.38. The molecule has 1 aliphatic heterocycles. The molecule has 0 amide bonds. The van der Waals surface area contributed by atoms with Crippen LogP contribution in [0.4, 0.5) is 0 Å². The molecule has 1 unspecified atom stereocenters. The van der Waals surface area contributed by atoms with Crippen LogP contribution in [0.2, 0.25) is 0 Å². The van der Waals surface area contributed by atoms with Gasteiger partial charge in [0.15, 0.2) is 0 Å². The Morgan fingerprint density at radius 1 is 0.971 bits per heavy atom. The van der Waals surface area contributed by atoms with Gasteiger partial charge in [-0.15, -0.1) is 6.58 Å². The molecule has 0 radical (unpaired) electrons. The van der Waals surface area contributed by atoms with E-state index in [0.717, 1.165) is 50.5 Å². The summed E-state index contributed by atoms with van der Waals surface area (Å²) in [5.41, 5.74) is 5.25. The highest BCUT2D eigenvalue weighted by Gasteiger charge is 2.29. The van der Waals surface area contributed by atoms with Gasteiger partial charge in [0.25, 0.3) is 0 Å². The van der Waals surface area contributed by atoms with Crippen molar-refractivity contribution in [1.82, 2.24) is 4.31 Å². The molecular weight excluding hydrogens is 438 g/mol. The molecule has 0 saturated carbocycles. The molecule has 0 spiro atoms. The largest absolute Gasteiger partial charge is 0.243 e. The first-order chi connectivity index (χ1) is 16.3. The zero-order chi connectivity index (χ0) is 24.6. The molecular formula is C30H41NO2S. The summed E-state index contributed by atoms with van der Waals surface area (Å²) >= 11 is 0. The lowest BCUT2D eigenvalue weighted by atomic mass is 9.88. The molecule has 34 heavy (non-hydrogen) atoms. The van der Waals surface area contributed by atoms with E-state index in [-0.39, 0.29) is 0 Å². The molecule has 3 rings (SSSR count). The second kappa shape index (κ2) is 12.5. The Morgan fingerprint density at radius 2 is 1.62 bits per heavy atom. The Balaban J connectivity index is 1.39. The van der Waals surface area contributed by atoms with Crippen LogP contribution in [0, 0.1) is 32.6 Å². The molecule has 0 N–H and O–H groups in total. The fourth-order valence-corrected chi connectivity index (χ4v) is 6.40. The van der Waals surface area contributed by atoms with E-state index >= 15 is 0 Å². The highest BCUT2D eigenvalue weighted by molar-refractivity contribution is 7.89. The average molecular weight is 480 g/mol. The van der Waals surface area contributed by atoms with E-state index in [0.29, 0.717) is 29.8 Å². The number of benzene rings is 2. The van der Waals surface area contributed by atoms with E-state index in [1.807, 2.05) is 19.1 Å². The number of piperidine rings is 1. The van der Waals surface area contributed by atoms with Crippen molar-refractivity contribution in [3.8, 4) is 0 Å². The Kier molecular flexibility index (Phi) is 9.73. The molecule has 1 fully saturated rings. The molecule has 1 aliphatic rings. The van der Waals surface area contributed by atoms with Gasteiger partial charge in [-0.25, -0.2) is 8.42 Å². The van der Waals surface area contributed by atoms with Crippen molar-refractivity contribution >= 4 is 10.0 Å². The van der Waals surface area contributed by atoms with Crippen molar-refractivity contribution in [3.05, 3.63) is 89.5 Å². The van der Waals surface area contributed by atoms with Gasteiger partial charge in [0.2, 0.25) is 10.0 Å². The van der Waals surface area contributed by atoms with E-state index in [1.165, 1.54) is 16.7 Å². The van der Waals surface area contributed by atoms with E-state index in [4.69, 9.17) is 0 Å². The van der Waals surface area contributed by atoms with Crippen molar-refractivity contribution in [2.24, 2.45) is 11.8 Å². The summed E-state index contributed by atoms with van der Waals surface area (Å²) < 4.78 is 27.5. The Hall–Kier alpha value is -2.17. The lowest BCUT2D eigenvalue weighted by molar-refractivity contribution is 0.253. The van der Waals surface area contributed by atoms with Crippen LogP contribution in [0.15, 0.2) is 72.2 Å². The van der Waals surface area contributed by atoms with Crippen LogP contribution in [0.3, 0.4) is 0 Å². The van der Waals surface area contributed by atoms with E-state index in [1.54, 1.807) is 16.4 Å². The SMILES string of the molecule is C=CC(CC/C=C/Cc1c(C)cccc1C)CCC1CCN(S(=O)(=O)c2ccc(C)cc2)CC1. The second-order valence-corrected chi connectivity index (χ2v) is 11.8. The minimum Gasteiger partial charge on any atom is -0.207 e. The van der Waals surface area contributed by atoms with Gasteiger partial charge in [-0.1, -0.05) is 54.1 Å². The summed E-state index contributed by atoms with van der Waals surface area (Å²) in [7, 11) is -3.37. The molecule has 1 atom stereocenters. The van der Waals surface area contributed by atoms with Gasteiger partial charge in [0.05, 0.1) is 4.90 Å². The smallest absolute Gasteiger partial charge is 0.207 e. The Labute approximate surface area is 207 Å². The fraction of sp³-hybridized carbons (Fsp3) is 0.467. The molecule has 3 nitrogen and oxygen atoms in total. The number of hydrogen-bond donors (Lipinski definition) is 0. The molecule has 1 saturated heterocycles. The highest BCUT2D eigenvalue weighted by Crippen LogP contribution is 2.29. The van der Waals surface area contributed by atoms with Crippen molar-refractivity contribution in [1.29, 1.82) is 0 Å². The maximum absolute atomic E-state index is 12.9. The van der Waals surface area contributed by atoms with Gasteiger partial charge >= 0.3 is 0 Å². The van der Waals surface area contributed by atoms with Crippen LogP contribution >= 0.6 is 0 Å². The molecule has 1 heterocycles. The van der Waals surface area contributed by atoms with Crippen molar-refractivity contribution < 1.29 is 8.42 Å². The first-order valence-corrected chi connectivity index (χ1v) is 14.1. The molecule has 2 aromatic rings. The average Bonchev–Trinajstić information content (AvgIpc) is 2.83. The molecule has 184 valence electrons. The van der Waals surface area contributed by atoms with Gasteiger partial charge in [-0.2, -0.15) is 4.31 Å². The fourth-order valence-electron chi connectivity index (χ4n) is 4.93. The van der Waals surface area contributed by atoms with Crippen LogP contribution < -0.4 is 0 Å². The van der Waals surface area contributed by atoms with Crippen LogP contribution in [0.25, 0.3) is 0 Å². The zero-order valence-corrected chi connectivity index (χ0v) is 22.0. The van der Waals surface area contributed by atoms with Gasteiger partial charge in [-0.3, -0.25) is 0 Å². The van der Waals surface area contributed by atoms with Gasteiger partial charge < -0.3 is 0 Å². The van der Waals surface area contributed by atoms with Crippen LogP contribution in [0.5, 0.6) is 0 Å². The van der Waals surface area contributed by atoms with Crippen molar-refractivity contribution in [2.45, 2.75) is 70.6 Å². The standard InChI is InChI=1S/C30H41NO2S/c1-5-27(12-7-6-8-13-30-25(3)10-9-11-26(30)4)16-17-28-20-22-31(23-21-28)34(32,33)29-18-14-24(2)15-19-29/h5-6,8-11,14-15,18-19,27-28H,1,7,12-13,16-17,20-23H2,2-4H3/b8-6+. The first-order valence-electron chi connectivity index (χ1n) is 12.7. The highest BCUT2D eigenvalue weighted by atomic mass is 32.2. The van der Waals surface area contributed by atoms with Crippen LogP contribution in [-0.4, -0.2) is 25.8 Å². The summed E-state index contributed by atoms with van der Waals surface area (Å²) in [6, 6.07) is 13.7. The summed E-state index contributed by atoms with van der Waals surface area (Å²) in [6.45, 7) is 11.7. The number of nitrogens with zero attached hydrogens (tertiary/aromatic N) is 1. The predicted molar refractivity (Wildman–Crippen MR) is 144 cm³/mol. The third kappa shape index (κ3) is 7.16. The number of aryl methyl sites for hydroxylation is 3. The maximum atomic E-state index is 12.9. The van der Waals surface area contributed by atoms with Crippen molar-refractivity contribution in [3.63, 3.8) is 0 Å². The molecule has 0 aromatic heterocycles. The number of rotatable bonds is 11. The van der Waals surface area contributed by atoms with Gasteiger partial charge in [0, 0.05) is 13.1 Å². The third-order valence-corrected chi connectivity index (χ3v) is 9.26. The number of hydrogen-bond acceptors (Lipinski definition) is 2.